The van der Waals surface area contributed by atoms with Crippen molar-refractivity contribution in [3.05, 3.63) is 35.9 Å². The lowest BCUT2D eigenvalue weighted by molar-refractivity contribution is -0.277. The number of aliphatic hydroxyl groups is 4. The van der Waals surface area contributed by atoms with Crippen LogP contribution in [-0.2, 0) is 4.74 Å². The van der Waals surface area contributed by atoms with E-state index in [-0.39, 0.29) is 0 Å². The summed E-state index contributed by atoms with van der Waals surface area (Å²) in [5.74, 6) is 0.451. The van der Waals surface area contributed by atoms with Crippen molar-refractivity contribution in [1.29, 1.82) is 0 Å². The largest absolute Gasteiger partial charge is 0.462 e. The van der Waals surface area contributed by atoms with Gasteiger partial charge in [0.15, 0.2) is 0 Å². The Balaban J connectivity index is 2.07. The number of rotatable bonds is 4. The maximum absolute atomic E-state index is 9.87. The maximum atomic E-state index is 9.87. The highest BCUT2D eigenvalue weighted by molar-refractivity contribution is 5.50. The first-order valence-corrected chi connectivity index (χ1v) is 6.76. The number of ether oxygens (including phenoxy) is 2. The molecule has 0 saturated carbocycles. The van der Waals surface area contributed by atoms with Gasteiger partial charge in [-0.15, -0.1) is 0 Å². The molecule has 0 aromatic heterocycles. The highest BCUT2D eigenvalue weighted by atomic mass is 16.7. The molecule has 1 saturated heterocycles. The molecule has 0 radical (unpaired) electrons. The number of aliphatic hydroxyl groups excluding tert-OH is 4. The molecule has 0 bridgehead atoms. The SMILES string of the molecule is CC=Cc1ccc(O[C@@H]2O[C@H](CO)[C@@H](O)[C@H](O)[C@H]2O)cc1. The molecular formula is C15H20O6. The van der Waals surface area contributed by atoms with Crippen LogP contribution in [-0.4, -0.2) is 57.7 Å². The summed E-state index contributed by atoms with van der Waals surface area (Å²) in [5.41, 5.74) is 0.999. The lowest BCUT2D eigenvalue weighted by atomic mass is 9.99. The Hall–Kier alpha value is -1.44. The van der Waals surface area contributed by atoms with Crippen LogP contribution < -0.4 is 4.74 Å². The van der Waals surface area contributed by atoms with Gasteiger partial charge in [-0.1, -0.05) is 24.3 Å². The summed E-state index contributed by atoms with van der Waals surface area (Å²) in [6, 6.07) is 7.08. The molecule has 2 rings (SSSR count). The van der Waals surface area contributed by atoms with E-state index >= 15 is 0 Å². The summed E-state index contributed by atoms with van der Waals surface area (Å²) in [6.07, 6.45) is -2.53. The van der Waals surface area contributed by atoms with E-state index in [0.717, 1.165) is 5.56 Å². The zero-order valence-corrected chi connectivity index (χ0v) is 11.7. The van der Waals surface area contributed by atoms with Crippen LogP contribution in [0.15, 0.2) is 30.3 Å². The molecule has 6 nitrogen and oxygen atoms in total. The average molecular weight is 296 g/mol. The second-order valence-electron chi connectivity index (χ2n) is 4.88. The molecule has 6 heteroatoms. The highest BCUT2D eigenvalue weighted by Crippen LogP contribution is 2.24. The predicted octanol–water partition coefficient (Wildman–Crippen LogP) is -0.102. The molecule has 4 N–H and O–H groups in total. The summed E-state index contributed by atoms with van der Waals surface area (Å²) in [5, 5.41) is 38.3. The Kier molecular flexibility index (Phi) is 5.33. The van der Waals surface area contributed by atoms with Crippen molar-refractivity contribution in [2.75, 3.05) is 6.61 Å². The molecule has 1 aromatic rings. The van der Waals surface area contributed by atoms with E-state index in [9.17, 15) is 15.3 Å². The van der Waals surface area contributed by atoms with Gasteiger partial charge in [0.1, 0.15) is 30.2 Å². The average Bonchev–Trinajstić information content (AvgIpc) is 2.50. The molecular weight excluding hydrogens is 276 g/mol. The first-order chi connectivity index (χ1) is 10.1. The third kappa shape index (κ3) is 3.61. The summed E-state index contributed by atoms with van der Waals surface area (Å²) in [4.78, 5) is 0. The van der Waals surface area contributed by atoms with Crippen LogP contribution >= 0.6 is 0 Å². The van der Waals surface area contributed by atoms with Crippen LogP contribution in [0.5, 0.6) is 5.75 Å². The minimum Gasteiger partial charge on any atom is -0.462 e. The van der Waals surface area contributed by atoms with Crippen LogP contribution in [0.2, 0.25) is 0 Å². The van der Waals surface area contributed by atoms with Gasteiger partial charge in [0.25, 0.3) is 0 Å². The van der Waals surface area contributed by atoms with Crippen molar-refractivity contribution >= 4 is 6.08 Å². The molecule has 116 valence electrons. The molecule has 1 aliphatic heterocycles. The molecule has 0 unspecified atom stereocenters. The van der Waals surface area contributed by atoms with Crippen molar-refractivity contribution in [1.82, 2.24) is 0 Å². The lowest BCUT2D eigenvalue weighted by Gasteiger charge is -2.39. The van der Waals surface area contributed by atoms with E-state index in [1.165, 1.54) is 0 Å². The Labute approximate surface area is 122 Å². The van der Waals surface area contributed by atoms with Crippen molar-refractivity contribution < 1.29 is 29.9 Å². The Morgan fingerprint density at radius 3 is 2.33 bits per heavy atom. The third-order valence-corrected chi connectivity index (χ3v) is 3.34. The molecule has 21 heavy (non-hydrogen) atoms. The van der Waals surface area contributed by atoms with Crippen molar-refractivity contribution in [2.45, 2.75) is 37.6 Å². The summed E-state index contributed by atoms with van der Waals surface area (Å²) in [7, 11) is 0. The van der Waals surface area contributed by atoms with E-state index in [2.05, 4.69) is 0 Å². The van der Waals surface area contributed by atoms with E-state index in [1.807, 2.05) is 31.2 Å². The van der Waals surface area contributed by atoms with Gasteiger partial charge in [-0.3, -0.25) is 0 Å². The van der Waals surface area contributed by atoms with Crippen LogP contribution in [0.25, 0.3) is 6.08 Å². The lowest BCUT2D eigenvalue weighted by Crippen LogP contribution is -2.60. The highest BCUT2D eigenvalue weighted by Gasteiger charge is 2.44. The minimum atomic E-state index is -1.44. The number of hydrogen-bond acceptors (Lipinski definition) is 6. The van der Waals surface area contributed by atoms with E-state index in [4.69, 9.17) is 14.6 Å². The van der Waals surface area contributed by atoms with Gasteiger partial charge in [-0.25, -0.2) is 0 Å². The molecule has 0 amide bonds. The van der Waals surface area contributed by atoms with E-state index < -0.39 is 37.3 Å². The van der Waals surface area contributed by atoms with Crippen LogP contribution in [0.1, 0.15) is 12.5 Å². The smallest absolute Gasteiger partial charge is 0.229 e. The molecule has 1 fully saturated rings. The number of allylic oxidation sites excluding steroid dienone is 1. The van der Waals surface area contributed by atoms with E-state index in [0.29, 0.717) is 5.75 Å². The Morgan fingerprint density at radius 2 is 1.76 bits per heavy atom. The van der Waals surface area contributed by atoms with Gasteiger partial charge in [-0.05, 0) is 24.6 Å². The number of hydrogen-bond donors (Lipinski definition) is 4. The quantitative estimate of drug-likeness (QED) is 0.619. The van der Waals surface area contributed by atoms with Crippen molar-refractivity contribution in [3.63, 3.8) is 0 Å². The zero-order chi connectivity index (χ0) is 15.4. The second kappa shape index (κ2) is 7.02. The van der Waals surface area contributed by atoms with Crippen LogP contribution in [0.3, 0.4) is 0 Å². The van der Waals surface area contributed by atoms with Gasteiger partial charge < -0.3 is 29.9 Å². The van der Waals surface area contributed by atoms with Gasteiger partial charge in [0, 0.05) is 0 Å². The topological polar surface area (TPSA) is 99.4 Å². The van der Waals surface area contributed by atoms with Crippen molar-refractivity contribution in [3.8, 4) is 5.75 Å². The fraction of sp³-hybridized carbons (Fsp3) is 0.467. The first kappa shape index (κ1) is 15.9. The molecule has 1 heterocycles. The first-order valence-electron chi connectivity index (χ1n) is 6.76. The van der Waals surface area contributed by atoms with Crippen molar-refractivity contribution in [2.24, 2.45) is 0 Å². The van der Waals surface area contributed by atoms with E-state index in [1.54, 1.807) is 12.1 Å². The predicted molar refractivity (Wildman–Crippen MR) is 75.5 cm³/mol. The Bertz CT molecular complexity index is 470. The fourth-order valence-electron chi connectivity index (χ4n) is 2.15. The molecule has 5 atom stereocenters. The van der Waals surface area contributed by atoms with Gasteiger partial charge in [0.2, 0.25) is 6.29 Å². The van der Waals surface area contributed by atoms with Crippen LogP contribution in [0.4, 0.5) is 0 Å². The normalized spacial score (nSPS) is 33.3. The summed E-state index contributed by atoms with van der Waals surface area (Å²) < 4.78 is 10.7. The van der Waals surface area contributed by atoms with Gasteiger partial charge in [-0.2, -0.15) is 0 Å². The fourth-order valence-corrected chi connectivity index (χ4v) is 2.15. The van der Waals surface area contributed by atoms with Crippen LogP contribution in [0, 0.1) is 0 Å². The molecule has 1 aromatic carbocycles. The molecule has 0 spiro atoms. The monoisotopic (exact) mass is 296 g/mol. The minimum absolute atomic E-state index is 0.451. The summed E-state index contributed by atoms with van der Waals surface area (Å²) in [6.45, 7) is 1.43. The number of benzene rings is 1. The zero-order valence-electron chi connectivity index (χ0n) is 11.7. The maximum Gasteiger partial charge on any atom is 0.229 e. The molecule has 0 aliphatic carbocycles. The van der Waals surface area contributed by atoms with Gasteiger partial charge in [0.05, 0.1) is 6.61 Å². The van der Waals surface area contributed by atoms with Gasteiger partial charge >= 0.3 is 0 Å². The summed E-state index contributed by atoms with van der Waals surface area (Å²) >= 11 is 0. The molecule has 1 aliphatic rings. The Morgan fingerprint density at radius 1 is 1.10 bits per heavy atom. The third-order valence-electron chi connectivity index (χ3n) is 3.34. The second-order valence-corrected chi connectivity index (χ2v) is 4.88. The standard InChI is InChI=1S/C15H20O6/c1-2-3-9-4-6-10(7-5-9)20-15-14(19)13(18)12(17)11(8-16)21-15/h2-7,11-19H,8H2,1H3/t11-,12-,13+,14-,15-/m1/s1.